The van der Waals surface area contributed by atoms with Gasteiger partial charge in [-0.15, -0.1) is 0 Å². The van der Waals surface area contributed by atoms with Crippen LogP contribution in [0.4, 0.5) is 8.78 Å². The fraction of sp³-hybridized carbons (Fsp3) is 0.294. The van der Waals surface area contributed by atoms with Gasteiger partial charge < -0.3 is 5.32 Å². The van der Waals surface area contributed by atoms with Crippen LogP contribution in [0.1, 0.15) is 30.5 Å². The molecule has 2 aromatic rings. The van der Waals surface area contributed by atoms with Crippen molar-refractivity contribution in [2.75, 3.05) is 6.54 Å². The molecule has 0 heterocycles. The summed E-state index contributed by atoms with van der Waals surface area (Å²) in [6, 6.07) is 11.2. The first kappa shape index (κ1) is 16.1. The Balaban J connectivity index is 2.30. The Hall–Kier alpha value is -1.26. The average Bonchev–Trinajstić information content (AvgIpc) is 2.48. The van der Waals surface area contributed by atoms with Crippen molar-refractivity contribution < 1.29 is 8.78 Å². The van der Waals surface area contributed by atoms with E-state index in [1.54, 1.807) is 18.2 Å². The maximum absolute atomic E-state index is 13.9. The third kappa shape index (κ3) is 4.35. The van der Waals surface area contributed by atoms with Gasteiger partial charge in [0, 0.05) is 10.5 Å². The number of nitrogens with one attached hydrogen (secondary N) is 1. The summed E-state index contributed by atoms with van der Waals surface area (Å²) in [5, 5.41) is 3.37. The largest absolute Gasteiger partial charge is 0.310 e. The zero-order valence-electron chi connectivity index (χ0n) is 11.9. The van der Waals surface area contributed by atoms with E-state index >= 15 is 0 Å². The molecule has 1 unspecified atom stereocenters. The Kier molecular flexibility index (Phi) is 5.88. The van der Waals surface area contributed by atoms with Crippen LogP contribution in [-0.2, 0) is 6.42 Å². The molecular weight excluding hydrogens is 336 g/mol. The van der Waals surface area contributed by atoms with E-state index in [0.29, 0.717) is 12.0 Å². The minimum atomic E-state index is -0.287. The molecule has 0 radical (unpaired) electrons. The maximum atomic E-state index is 13.9. The van der Waals surface area contributed by atoms with Gasteiger partial charge in [-0.1, -0.05) is 41.1 Å². The lowest BCUT2D eigenvalue weighted by atomic mass is 9.98. The molecule has 0 amide bonds. The lowest BCUT2D eigenvalue weighted by Crippen LogP contribution is -2.25. The molecule has 0 aliphatic carbocycles. The molecule has 2 rings (SSSR count). The van der Waals surface area contributed by atoms with E-state index in [-0.39, 0.29) is 17.7 Å². The Morgan fingerprint density at radius 1 is 1.14 bits per heavy atom. The van der Waals surface area contributed by atoms with E-state index in [0.717, 1.165) is 23.0 Å². The molecule has 0 spiro atoms. The van der Waals surface area contributed by atoms with Gasteiger partial charge in [0.15, 0.2) is 0 Å². The summed E-state index contributed by atoms with van der Waals surface area (Å²) in [7, 11) is 0. The minimum absolute atomic E-state index is 0.132. The molecule has 2 aromatic carbocycles. The Labute approximate surface area is 132 Å². The molecule has 112 valence electrons. The maximum Gasteiger partial charge on any atom is 0.126 e. The fourth-order valence-electron chi connectivity index (χ4n) is 2.28. The molecular formula is C17H18BrF2N. The summed E-state index contributed by atoms with van der Waals surface area (Å²) in [5.74, 6) is -0.515. The quantitative estimate of drug-likeness (QED) is 0.769. The number of hydrogen-bond acceptors (Lipinski definition) is 1. The van der Waals surface area contributed by atoms with Gasteiger partial charge in [0.05, 0.1) is 0 Å². The molecule has 1 atom stereocenters. The van der Waals surface area contributed by atoms with Crippen LogP contribution >= 0.6 is 15.9 Å². The molecule has 0 aliphatic rings. The van der Waals surface area contributed by atoms with Gasteiger partial charge in [-0.2, -0.15) is 0 Å². The predicted molar refractivity (Wildman–Crippen MR) is 85.2 cm³/mol. The van der Waals surface area contributed by atoms with Crippen molar-refractivity contribution in [1.82, 2.24) is 5.32 Å². The smallest absolute Gasteiger partial charge is 0.126 e. The highest BCUT2D eigenvalue weighted by molar-refractivity contribution is 9.10. The summed E-state index contributed by atoms with van der Waals surface area (Å²) < 4.78 is 28.2. The Morgan fingerprint density at radius 2 is 1.90 bits per heavy atom. The first-order valence-electron chi connectivity index (χ1n) is 7.03. The third-order valence-electron chi connectivity index (χ3n) is 3.36. The molecule has 4 heteroatoms. The second kappa shape index (κ2) is 7.66. The predicted octanol–water partition coefficient (Wildman–Crippen LogP) is 5.01. The molecule has 1 nitrogen and oxygen atoms in total. The lowest BCUT2D eigenvalue weighted by Gasteiger charge is -2.21. The summed E-state index contributed by atoms with van der Waals surface area (Å²) in [4.78, 5) is 0. The number of halogens is 3. The number of benzene rings is 2. The number of hydrogen-bond donors (Lipinski definition) is 1. The molecule has 0 bridgehead atoms. The number of rotatable bonds is 6. The van der Waals surface area contributed by atoms with E-state index in [2.05, 4.69) is 28.2 Å². The van der Waals surface area contributed by atoms with E-state index in [1.807, 2.05) is 6.07 Å². The summed E-state index contributed by atoms with van der Waals surface area (Å²) in [5.41, 5.74) is 1.44. The monoisotopic (exact) mass is 353 g/mol. The van der Waals surface area contributed by atoms with Crippen LogP contribution in [-0.4, -0.2) is 6.54 Å². The summed E-state index contributed by atoms with van der Waals surface area (Å²) >= 11 is 3.45. The van der Waals surface area contributed by atoms with E-state index < -0.39 is 0 Å². The minimum Gasteiger partial charge on any atom is -0.310 e. The molecule has 0 saturated heterocycles. The van der Waals surface area contributed by atoms with Gasteiger partial charge in [0.1, 0.15) is 11.6 Å². The zero-order chi connectivity index (χ0) is 15.2. The van der Waals surface area contributed by atoms with Crippen molar-refractivity contribution in [2.24, 2.45) is 0 Å². The topological polar surface area (TPSA) is 12.0 Å². The van der Waals surface area contributed by atoms with Crippen molar-refractivity contribution in [3.05, 3.63) is 69.7 Å². The van der Waals surface area contributed by atoms with Crippen LogP contribution in [0.5, 0.6) is 0 Å². The van der Waals surface area contributed by atoms with Crippen molar-refractivity contribution >= 4 is 15.9 Å². The van der Waals surface area contributed by atoms with Crippen LogP contribution in [0.2, 0.25) is 0 Å². The lowest BCUT2D eigenvalue weighted by molar-refractivity contribution is 0.508. The van der Waals surface area contributed by atoms with Crippen LogP contribution in [0, 0.1) is 11.6 Å². The molecule has 1 N–H and O–H groups in total. The fourth-order valence-corrected chi connectivity index (χ4v) is 2.80. The summed E-state index contributed by atoms with van der Waals surface area (Å²) in [6.45, 7) is 2.86. The van der Waals surface area contributed by atoms with Gasteiger partial charge in [-0.05, 0) is 54.8 Å². The standard InChI is InChI=1S/C17H18BrF2N/c1-2-9-21-17(10-12-5-3-4-6-16(12)20)14-11-13(19)7-8-15(14)18/h3-8,11,17,21H,2,9-10H2,1H3. The Bertz CT molecular complexity index is 601. The third-order valence-corrected chi connectivity index (χ3v) is 4.08. The molecule has 0 fully saturated rings. The van der Waals surface area contributed by atoms with Crippen LogP contribution in [0.25, 0.3) is 0 Å². The van der Waals surface area contributed by atoms with Gasteiger partial charge >= 0.3 is 0 Å². The van der Waals surface area contributed by atoms with E-state index in [1.165, 1.54) is 18.2 Å². The van der Waals surface area contributed by atoms with Gasteiger partial charge in [0.2, 0.25) is 0 Å². The normalized spacial score (nSPS) is 12.4. The first-order chi connectivity index (χ1) is 10.1. The SMILES string of the molecule is CCCNC(Cc1ccccc1F)c1cc(F)ccc1Br. The highest BCUT2D eigenvalue weighted by Crippen LogP contribution is 2.27. The summed E-state index contributed by atoms with van der Waals surface area (Å²) in [6.07, 6.45) is 1.44. The van der Waals surface area contributed by atoms with E-state index in [4.69, 9.17) is 0 Å². The van der Waals surface area contributed by atoms with E-state index in [9.17, 15) is 8.78 Å². The Morgan fingerprint density at radius 3 is 2.62 bits per heavy atom. The zero-order valence-corrected chi connectivity index (χ0v) is 13.5. The molecule has 21 heavy (non-hydrogen) atoms. The van der Waals surface area contributed by atoms with Crippen LogP contribution in [0.15, 0.2) is 46.9 Å². The highest BCUT2D eigenvalue weighted by atomic mass is 79.9. The van der Waals surface area contributed by atoms with Crippen LogP contribution in [0.3, 0.4) is 0 Å². The second-order valence-electron chi connectivity index (χ2n) is 4.97. The first-order valence-corrected chi connectivity index (χ1v) is 7.83. The molecule has 0 aliphatic heterocycles. The van der Waals surface area contributed by atoms with Crippen molar-refractivity contribution in [1.29, 1.82) is 0 Å². The van der Waals surface area contributed by atoms with Crippen LogP contribution < -0.4 is 5.32 Å². The van der Waals surface area contributed by atoms with Gasteiger partial charge in [-0.3, -0.25) is 0 Å². The highest BCUT2D eigenvalue weighted by Gasteiger charge is 2.17. The van der Waals surface area contributed by atoms with Gasteiger partial charge in [0.25, 0.3) is 0 Å². The van der Waals surface area contributed by atoms with Crippen molar-refractivity contribution in [3.63, 3.8) is 0 Å². The molecule has 0 aromatic heterocycles. The van der Waals surface area contributed by atoms with Gasteiger partial charge in [-0.25, -0.2) is 8.78 Å². The second-order valence-corrected chi connectivity index (χ2v) is 5.82. The molecule has 0 saturated carbocycles. The van der Waals surface area contributed by atoms with Crippen molar-refractivity contribution in [2.45, 2.75) is 25.8 Å². The average molecular weight is 354 g/mol. The van der Waals surface area contributed by atoms with Crippen molar-refractivity contribution in [3.8, 4) is 0 Å².